The molecule has 27 heavy (non-hydrogen) atoms. The van der Waals surface area contributed by atoms with Crippen molar-refractivity contribution in [2.24, 2.45) is 0 Å². The number of carbonyl (C=O) groups excluding carboxylic acids is 1. The summed E-state index contributed by atoms with van der Waals surface area (Å²) in [5, 5.41) is 4.47. The van der Waals surface area contributed by atoms with Crippen LogP contribution in [0.25, 0.3) is 0 Å². The average molecular weight is 406 g/mol. The van der Waals surface area contributed by atoms with E-state index < -0.39 is 0 Å². The Hall–Kier alpha value is -1.76. The molecule has 1 aromatic heterocycles. The summed E-state index contributed by atoms with van der Waals surface area (Å²) >= 11 is 7.51. The minimum Gasteiger partial charge on any atom is -0.378 e. The fourth-order valence-corrected chi connectivity index (χ4v) is 3.93. The van der Waals surface area contributed by atoms with Crippen molar-refractivity contribution in [3.05, 3.63) is 52.0 Å². The number of benzene rings is 1. The first-order valence-electron chi connectivity index (χ1n) is 9.08. The summed E-state index contributed by atoms with van der Waals surface area (Å²) in [6.07, 6.45) is 0. The Morgan fingerprint density at radius 1 is 1.30 bits per heavy atom. The van der Waals surface area contributed by atoms with Crippen molar-refractivity contribution in [2.75, 3.05) is 37.0 Å². The number of aromatic nitrogens is 1. The number of anilines is 1. The van der Waals surface area contributed by atoms with E-state index in [4.69, 9.17) is 21.3 Å². The highest BCUT2D eigenvalue weighted by Crippen LogP contribution is 2.28. The Morgan fingerprint density at radius 3 is 2.67 bits per heavy atom. The number of amides is 1. The molecule has 1 aromatic carbocycles. The van der Waals surface area contributed by atoms with E-state index in [1.165, 1.54) is 0 Å². The summed E-state index contributed by atoms with van der Waals surface area (Å²) in [5.74, 6) is 1.68. The molecular weight excluding hydrogens is 382 g/mol. The predicted molar refractivity (Wildman–Crippen MR) is 111 cm³/mol. The Balaban J connectivity index is 1.79. The smallest absolute Gasteiger partial charge is 0.254 e. The van der Waals surface area contributed by atoms with E-state index in [0.717, 1.165) is 40.8 Å². The maximum absolute atomic E-state index is 12.9. The molecular formula is C20H24ClN3O2S. The number of halogens is 1. The first kappa shape index (κ1) is 20.0. The predicted octanol–water partition coefficient (Wildman–Crippen LogP) is 3.92. The Kier molecular flexibility index (Phi) is 6.99. The number of nitrogens with zero attached hydrogens (tertiary/aromatic N) is 2. The molecule has 1 amide bonds. The lowest BCUT2D eigenvalue weighted by molar-refractivity contribution is 0.0946. The van der Waals surface area contributed by atoms with Crippen molar-refractivity contribution in [1.82, 2.24) is 10.3 Å². The van der Waals surface area contributed by atoms with Gasteiger partial charge >= 0.3 is 0 Å². The van der Waals surface area contributed by atoms with Gasteiger partial charge in [-0.15, -0.1) is 11.8 Å². The minimum absolute atomic E-state index is 0.0978. The molecule has 5 nitrogen and oxygen atoms in total. The molecule has 2 aromatic rings. The maximum atomic E-state index is 12.9. The lowest BCUT2D eigenvalue weighted by Gasteiger charge is -2.28. The monoisotopic (exact) mass is 405 g/mol. The van der Waals surface area contributed by atoms with Crippen molar-refractivity contribution >= 4 is 35.1 Å². The minimum atomic E-state index is -0.0978. The number of carbonyl (C=O) groups is 1. The third-order valence-corrected chi connectivity index (χ3v) is 5.49. The number of morpholine rings is 1. The van der Waals surface area contributed by atoms with Crippen molar-refractivity contribution in [2.45, 2.75) is 25.4 Å². The summed E-state index contributed by atoms with van der Waals surface area (Å²) in [6.45, 7) is 7.56. The lowest BCUT2D eigenvalue weighted by Crippen LogP contribution is -2.37. The van der Waals surface area contributed by atoms with Crippen molar-refractivity contribution < 1.29 is 9.53 Å². The van der Waals surface area contributed by atoms with Gasteiger partial charge in [0, 0.05) is 24.7 Å². The van der Waals surface area contributed by atoms with E-state index in [2.05, 4.69) is 17.1 Å². The molecule has 2 heterocycles. The number of nitrogens with one attached hydrogen (secondary N) is 1. The second-order valence-electron chi connectivity index (χ2n) is 6.32. The van der Waals surface area contributed by atoms with Gasteiger partial charge in [-0.2, -0.15) is 0 Å². The van der Waals surface area contributed by atoms with Gasteiger partial charge in [-0.25, -0.2) is 4.98 Å². The maximum Gasteiger partial charge on any atom is 0.254 e. The quantitative estimate of drug-likeness (QED) is 0.738. The van der Waals surface area contributed by atoms with Crippen LogP contribution in [0.5, 0.6) is 0 Å². The summed E-state index contributed by atoms with van der Waals surface area (Å²) in [7, 11) is 0. The van der Waals surface area contributed by atoms with Crippen molar-refractivity contribution in [3.8, 4) is 0 Å². The highest BCUT2D eigenvalue weighted by atomic mass is 35.5. The number of aryl methyl sites for hydroxylation is 1. The molecule has 0 aliphatic carbocycles. The first-order chi connectivity index (χ1) is 13.1. The highest BCUT2D eigenvalue weighted by molar-refractivity contribution is 7.99. The SMILES string of the molecule is CCSc1nc(N2CCOCC2)cc(C)c1C(=O)NCc1ccc(Cl)cc1. The van der Waals surface area contributed by atoms with Gasteiger partial charge in [-0.1, -0.05) is 30.7 Å². The fraction of sp³-hybridized carbons (Fsp3) is 0.400. The van der Waals surface area contributed by atoms with E-state index in [0.29, 0.717) is 30.3 Å². The topological polar surface area (TPSA) is 54.5 Å². The molecule has 0 bridgehead atoms. The van der Waals surface area contributed by atoms with E-state index in [1.807, 2.05) is 37.3 Å². The zero-order valence-corrected chi connectivity index (χ0v) is 17.2. The fourth-order valence-electron chi connectivity index (χ4n) is 2.97. The second-order valence-corrected chi connectivity index (χ2v) is 8.01. The Labute approximate surface area is 169 Å². The normalized spacial score (nSPS) is 14.3. The van der Waals surface area contributed by atoms with Crippen LogP contribution in [0.15, 0.2) is 35.4 Å². The number of rotatable bonds is 6. The van der Waals surface area contributed by atoms with Crippen molar-refractivity contribution in [3.63, 3.8) is 0 Å². The van der Waals surface area contributed by atoms with Crippen molar-refractivity contribution in [1.29, 1.82) is 0 Å². The van der Waals surface area contributed by atoms with Crippen LogP contribution in [0.4, 0.5) is 5.82 Å². The molecule has 1 saturated heterocycles. The molecule has 3 rings (SSSR count). The molecule has 1 aliphatic heterocycles. The second kappa shape index (κ2) is 9.44. The molecule has 0 spiro atoms. The Bertz CT molecular complexity index is 793. The van der Waals surface area contributed by atoms with Gasteiger partial charge < -0.3 is 15.0 Å². The van der Waals surface area contributed by atoms with Gasteiger partial charge in [0.25, 0.3) is 5.91 Å². The van der Waals surface area contributed by atoms with Gasteiger partial charge in [0.1, 0.15) is 10.8 Å². The van der Waals surface area contributed by atoms with Crippen LogP contribution in [0.2, 0.25) is 5.02 Å². The number of pyridine rings is 1. The van der Waals surface area contributed by atoms with E-state index >= 15 is 0 Å². The molecule has 7 heteroatoms. The van der Waals surface area contributed by atoms with E-state index in [-0.39, 0.29) is 5.91 Å². The average Bonchev–Trinajstić information content (AvgIpc) is 2.68. The van der Waals surface area contributed by atoms with Crippen LogP contribution in [0.3, 0.4) is 0 Å². The van der Waals surface area contributed by atoms with Gasteiger partial charge in [0.15, 0.2) is 0 Å². The van der Waals surface area contributed by atoms with E-state index in [9.17, 15) is 4.79 Å². The summed E-state index contributed by atoms with van der Waals surface area (Å²) in [4.78, 5) is 19.9. The number of hydrogen-bond acceptors (Lipinski definition) is 5. The highest BCUT2D eigenvalue weighted by Gasteiger charge is 2.20. The summed E-state index contributed by atoms with van der Waals surface area (Å²) < 4.78 is 5.43. The van der Waals surface area contributed by atoms with Gasteiger partial charge in [0.05, 0.1) is 18.8 Å². The van der Waals surface area contributed by atoms with Gasteiger partial charge in [0.2, 0.25) is 0 Å². The third-order valence-electron chi connectivity index (χ3n) is 4.38. The first-order valence-corrected chi connectivity index (χ1v) is 10.4. The molecule has 0 saturated carbocycles. The molecule has 1 N–H and O–H groups in total. The van der Waals surface area contributed by atoms with Crippen LogP contribution in [-0.2, 0) is 11.3 Å². The molecule has 0 unspecified atom stereocenters. The van der Waals surface area contributed by atoms with Crippen LogP contribution >= 0.6 is 23.4 Å². The molecule has 1 fully saturated rings. The number of hydrogen-bond donors (Lipinski definition) is 1. The zero-order chi connectivity index (χ0) is 19.2. The lowest BCUT2D eigenvalue weighted by atomic mass is 10.1. The van der Waals surface area contributed by atoms with Gasteiger partial charge in [-0.05, 0) is 42.0 Å². The van der Waals surface area contributed by atoms with Crippen LogP contribution in [0, 0.1) is 6.92 Å². The Morgan fingerprint density at radius 2 is 2.00 bits per heavy atom. The van der Waals surface area contributed by atoms with E-state index in [1.54, 1.807) is 11.8 Å². The van der Waals surface area contributed by atoms with Crippen LogP contribution in [0.1, 0.15) is 28.4 Å². The summed E-state index contributed by atoms with van der Waals surface area (Å²) in [5.41, 5.74) is 2.61. The van der Waals surface area contributed by atoms with Crippen LogP contribution in [-0.4, -0.2) is 42.9 Å². The van der Waals surface area contributed by atoms with Gasteiger partial charge in [-0.3, -0.25) is 4.79 Å². The largest absolute Gasteiger partial charge is 0.378 e. The number of ether oxygens (including phenoxy) is 1. The zero-order valence-electron chi connectivity index (χ0n) is 15.6. The third kappa shape index (κ3) is 5.15. The standard InChI is InChI=1S/C20H24ClN3O2S/c1-3-27-20-18(19(25)22-13-15-4-6-16(21)7-5-15)14(2)12-17(23-20)24-8-10-26-11-9-24/h4-7,12H,3,8-11,13H2,1-2H3,(H,22,25). The number of thioether (sulfide) groups is 1. The van der Waals surface area contributed by atoms with Crippen LogP contribution < -0.4 is 10.2 Å². The molecule has 0 radical (unpaired) electrons. The summed E-state index contributed by atoms with van der Waals surface area (Å²) in [6, 6.07) is 9.48. The molecule has 144 valence electrons. The molecule has 0 atom stereocenters. The molecule has 1 aliphatic rings.